The molecule has 1 aliphatic rings. The number of carbonyl (C=O) groups is 2. The van der Waals surface area contributed by atoms with Crippen LogP contribution in [-0.4, -0.2) is 55.2 Å². The molecule has 0 saturated carbocycles. The molecule has 2 N–H and O–H groups in total. The van der Waals surface area contributed by atoms with Crippen LogP contribution >= 0.6 is 0 Å². The SMILES string of the molecule is CCN(CC)C(=O)[C@H](C)NC(=O)NC[C@H]1CCCO1. The Morgan fingerprint density at radius 2 is 2.05 bits per heavy atom. The third kappa shape index (κ3) is 5.06. The van der Waals surface area contributed by atoms with E-state index in [-0.39, 0.29) is 18.0 Å². The van der Waals surface area contributed by atoms with Crippen molar-refractivity contribution in [3.8, 4) is 0 Å². The van der Waals surface area contributed by atoms with Crippen LogP contribution in [0, 0.1) is 0 Å². The Labute approximate surface area is 114 Å². The summed E-state index contributed by atoms with van der Waals surface area (Å²) in [5, 5.41) is 5.40. The van der Waals surface area contributed by atoms with Crippen LogP contribution in [0.1, 0.15) is 33.6 Å². The first kappa shape index (κ1) is 15.8. The molecule has 1 saturated heterocycles. The number of likely N-dealkylation sites (N-methyl/N-ethyl adjacent to an activating group) is 1. The smallest absolute Gasteiger partial charge is 0.315 e. The van der Waals surface area contributed by atoms with Gasteiger partial charge in [-0.1, -0.05) is 0 Å². The van der Waals surface area contributed by atoms with Crippen LogP contribution in [0.25, 0.3) is 0 Å². The first-order valence-electron chi connectivity index (χ1n) is 7.03. The number of carbonyl (C=O) groups excluding carboxylic acids is 2. The van der Waals surface area contributed by atoms with Crippen molar-refractivity contribution in [3.05, 3.63) is 0 Å². The summed E-state index contributed by atoms with van der Waals surface area (Å²) in [4.78, 5) is 25.3. The molecule has 1 heterocycles. The summed E-state index contributed by atoms with van der Waals surface area (Å²) < 4.78 is 5.41. The second kappa shape index (κ2) is 7.99. The lowest BCUT2D eigenvalue weighted by Gasteiger charge is -2.23. The zero-order chi connectivity index (χ0) is 14.3. The van der Waals surface area contributed by atoms with E-state index < -0.39 is 6.04 Å². The van der Waals surface area contributed by atoms with Crippen LogP contribution in [0.2, 0.25) is 0 Å². The van der Waals surface area contributed by atoms with E-state index in [0.29, 0.717) is 19.6 Å². The summed E-state index contributed by atoms with van der Waals surface area (Å²) in [5.41, 5.74) is 0. The van der Waals surface area contributed by atoms with E-state index in [1.807, 2.05) is 13.8 Å². The Kier molecular flexibility index (Phi) is 6.62. The third-order valence-corrected chi connectivity index (χ3v) is 3.31. The predicted molar refractivity (Wildman–Crippen MR) is 72.9 cm³/mol. The van der Waals surface area contributed by atoms with E-state index in [0.717, 1.165) is 19.4 Å². The summed E-state index contributed by atoms with van der Waals surface area (Å²) in [6.45, 7) is 8.12. The van der Waals surface area contributed by atoms with Gasteiger partial charge in [0.25, 0.3) is 0 Å². The van der Waals surface area contributed by atoms with Gasteiger partial charge in [-0.3, -0.25) is 4.79 Å². The fourth-order valence-electron chi connectivity index (χ4n) is 2.13. The molecule has 0 bridgehead atoms. The fourth-order valence-corrected chi connectivity index (χ4v) is 2.13. The highest BCUT2D eigenvalue weighted by atomic mass is 16.5. The molecule has 0 unspecified atom stereocenters. The lowest BCUT2D eigenvalue weighted by Crippen LogP contribution is -2.50. The first-order valence-corrected chi connectivity index (χ1v) is 7.03. The van der Waals surface area contributed by atoms with Crippen molar-refractivity contribution in [1.82, 2.24) is 15.5 Å². The van der Waals surface area contributed by atoms with Gasteiger partial charge in [-0.2, -0.15) is 0 Å². The van der Waals surface area contributed by atoms with Crippen LogP contribution < -0.4 is 10.6 Å². The van der Waals surface area contributed by atoms with Crippen molar-refractivity contribution < 1.29 is 14.3 Å². The van der Waals surface area contributed by atoms with Crippen molar-refractivity contribution in [3.63, 3.8) is 0 Å². The van der Waals surface area contributed by atoms with Gasteiger partial charge < -0.3 is 20.3 Å². The highest BCUT2D eigenvalue weighted by molar-refractivity contribution is 5.86. The van der Waals surface area contributed by atoms with Gasteiger partial charge in [0, 0.05) is 26.2 Å². The third-order valence-electron chi connectivity index (χ3n) is 3.31. The minimum atomic E-state index is -0.510. The molecule has 0 spiro atoms. The lowest BCUT2D eigenvalue weighted by atomic mass is 10.2. The lowest BCUT2D eigenvalue weighted by molar-refractivity contribution is -0.132. The molecule has 1 fully saturated rings. The van der Waals surface area contributed by atoms with E-state index in [4.69, 9.17) is 4.74 Å². The molecular formula is C13H25N3O3. The topological polar surface area (TPSA) is 70.7 Å². The fraction of sp³-hybridized carbons (Fsp3) is 0.846. The second-order valence-electron chi connectivity index (χ2n) is 4.72. The molecule has 0 radical (unpaired) electrons. The van der Waals surface area contributed by atoms with Gasteiger partial charge in [-0.25, -0.2) is 4.79 Å². The zero-order valence-corrected chi connectivity index (χ0v) is 12.1. The molecular weight excluding hydrogens is 246 g/mol. The molecule has 0 aromatic carbocycles. The molecule has 0 aliphatic carbocycles. The molecule has 1 aliphatic heterocycles. The Balaban J connectivity index is 2.28. The van der Waals surface area contributed by atoms with Crippen LogP contribution in [-0.2, 0) is 9.53 Å². The number of nitrogens with one attached hydrogen (secondary N) is 2. The highest BCUT2D eigenvalue weighted by Gasteiger charge is 2.21. The molecule has 1 rings (SSSR count). The number of amides is 3. The average Bonchev–Trinajstić information content (AvgIpc) is 2.90. The second-order valence-corrected chi connectivity index (χ2v) is 4.72. The summed E-state index contributed by atoms with van der Waals surface area (Å²) in [7, 11) is 0. The van der Waals surface area contributed by atoms with Crippen molar-refractivity contribution >= 4 is 11.9 Å². The largest absolute Gasteiger partial charge is 0.376 e. The number of hydrogen-bond acceptors (Lipinski definition) is 3. The van der Waals surface area contributed by atoms with Gasteiger partial charge in [0.1, 0.15) is 6.04 Å². The Morgan fingerprint density at radius 3 is 2.58 bits per heavy atom. The maximum absolute atomic E-state index is 12.0. The Bertz CT molecular complexity index is 300. The van der Waals surface area contributed by atoms with Crippen LogP contribution in [0.15, 0.2) is 0 Å². The highest BCUT2D eigenvalue weighted by Crippen LogP contribution is 2.10. The average molecular weight is 271 g/mol. The standard InChI is InChI=1S/C13H25N3O3/c1-4-16(5-2)12(17)10(3)15-13(18)14-9-11-7-6-8-19-11/h10-11H,4-9H2,1-3H3,(H2,14,15,18)/t10-,11+/m0/s1. The summed E-state index contributed by atoms with van der Waals surface area (Å²) in [6.07, 6.45) is 2.14. The number of nitrogens with zero attached hydrogens (tertiary/aromatic N) is 1. The molecule has 110 valence electrons. The quantitative estimate of drug-likeness (QED) is 0.748. The molecule has 2 atom stereocenters. The molecule has 3 amide bonds. The van der Waals surface area contributed by atoms with Gasteiger partial charge >= 0.3 is 6.03 Å². The van der Waals surface area contributed by atoms with E-state index >= 15 is 0 Å². The normalized spacial score (nSPS) is 19.8. The van der Waals surface area contributed by atoms with Crippen LogP contribution in [0.3, 0.4) is 0 Å². The maximum Gasteiger partial charge on any atom is 0.315 e. The van der Waals surface area contributed by atoms with Crippen LogP contribution in [0.5, 0.6) is 0 Å². The number of ether oxygens (including phenoxy) is 1. The molecule has 19 heavy (non-hydrogen) atoms. The van der Waals surface area contributed by atoms with Gasteiger partial charge in [-0.15, -0.1) is 0 Å². The van der Waals surface area contributed by atoms with E-state index in [2.05, 4.69) is 10.6 Å². The van der Waals surface area contributed by atoms with E-state index in [9.17, 15) is 9.59 Å². The molecule has 0 aromatic heterocycles. The van der Waals surface area contributed by atoms with Crippen molar-refractivity contribution in [2.45, 2.75) is 45.8 Å². The number of urea groups is 1. The van der Waals surface area contributed by atoms with Gasteiger partial charge in [0.05, 0.1) is 6.10 Å². The number of rotatable bonds is 6. The zero-order valence-electron chi connectivity index (χ0n) is 12.1. The summed E-state index contributed by atoms with van der Waals surface area (Å²) in [5.74, 6) is -0.0581. The molecule has 6 heteroatoms. The first-order chi connectivity index (χ1) is 9.08. The van der Waals surface area contributed by atoms with Crippen molar-refractivity contribution in [2.75, 3.05) is 26.2 Å². The van der Waals surface area contributed by atoms with Crippen molar-refractivity contribution in [1.29, 1.82) is 0 Å². The van der Waals surface area contributed by atoms with E-state index in [1.165, 1.54) is 0 Å². The van der Waals surface area contributed by atoms with Gasteiger partial charge in [-0.05, 0) is 33.6 Å². The van der Waals surface area contributed by atoms with Crippen molar-refractivity contribution in [2.24, 2.45) is 0 Å². The predicted octanol–water partition coefficient (Wildman–Crippen LogP) is 0.722. The molecule has 6 nitrogen and oxygen atoms in total. The monoisotopic (exact) mass is 271 g/mol. The van der Waals surface area contributed by atoms with E-state index in [1.54, 1.807) is 11.8 Å². The van der Waals surface area contributed by atoms with Gasteiger partial charge in [0.2, 0.25) is 5.91 Å². The summed E-state index contributed by atoms with van der Waals surface area (Å²) in [6, 6.07) is -0.826. The summed E-state index contributed by atoms with van der Waals surface area (Å²) >= 11 is 0. The maximum atomic E-state index is 12.0. The minimum absolute atomic E-state index is 0.0581. The minimum Gasteiger partial charge on any atom is -0.376 e. The molecule has 0 aromatic rings. The Morgan fingerprint density at radius 1 is 1.37 bits per heavy atom. The number of hydrogen-bond donors (Lipinski definition) is 2. The van der Waals surface area contributed by atoms with Gasteiger partial charge in [0.15, 0.2) is 0 Å². The Hall–Kier alpha value is -1.30. The van der Waals surface area contributed by atoms with Crippen LogP contribution in [0.4, 0.5) is 4.79 Å².